The van der Waals surface area contributed by atoms with Crippen molar-refractivity contribution in [3.63, 3.8) is 0 Å². The van der Waals surface area contributed by atoms with E-state index in [2.05, 4.69) is 31.4 Å². The van der Waals surface area contributed by atoms with E-state index in [1.54, 1.807) is 0 Å². The average Bonchev–Trinajstić information content (AvgIpc) is 3.01. The highest BCUT2D eigenvalue weighted by Gasteiger charge is 2.10. The quantitative estimate of drug-likeness (QED) is 0.651. The highest BCUT2D eigenvalue weighted by atomic mass is 79.9. The summed E-state index contributed by atoms with van der Waals surface area (Å²) in [6, 6.07) is 15.6. The summed E-state index contributed by atoms with van der Waals surface area (Å²) in [4.78, 5) is 12.0. The van der Waals surface area contributed by atoms with Gasteiger partial charge in [0.15, 0.2) is 6.61 Å². The molecule has 128 valence electrons. The largest absolute Gasteiger partial charge is 0.483 e. The van der Waals surface area contributed by atoms with E-state index in [0.717, 1.165) is 20.6 Å². The monoisotopic (exact) mass is 417 g/mol. The smallest absolute Gasteiger partial charge is 0.264 e. The molecule has 1 heterocycles. The van der Waals surface area contributed by atoms with Gasteiger partial charge in [-0.3, -0.25) is 10.1 Å². The van der Waals surface area contributed by atoms with Gasteiger partial charge in [0.1, 0.15) is 10.8 Å². The molecule has 0 spiro atoms. The van der Waals surface area contributed by atoms with Crippen LogP contribution in [0, 0.1) is 6.92 Å². The number of hydrogen-bond donors (Lipinski definition) is 1. The molecule has 3 rings (SSSR count). The fraction of sp³-hybridized carbons (Fsp3) is 0.167. The first kappa shape index (κ1) is 17.6. The summed E-state index contributed by atoms with van der Waals surface area (Å²) < 4.78 is 6.55. The molecule has 7 heteroatoms. The summed E-state index contributed by atoms with van der Waals surface area (Å²) in [5.74, 6) is 0.443. The molecule has 1 amide bonds. The molecule has 5 nitrogen and oxygen atoms in total. The van der Waals surface area contributed by atoms with E-state index in [0.29, 0.717) is 17.3 Å². The summed E-state index contributed by atoms with van der Waals surface area (Å²) in [5.41, 5.74) is 2.12. The van der Waals surface area contributed by atoms with Crippen molar-refractivity contribution in [1.29, 1.82) is 0 Å². The number of ether oxygens (including phenoxy) is 1. The van der Waals surface area contributed by atoms with Crippen molar-refractivity contribution in [3.8, 4) is 5.75 Å². The Kier molecular flexibility index (Phi) is 5.78. The highest BCUT2D eigenvalue weighted by Crippen LogP contribution is 2.21. The van der Waals surface area contributed by atoms with Crippen LogP contribution < -0.4 is 10.1 Å². The molecule has 0 radical (unpaired) electrons. The van der Waals surface area contributed by atoms with Gasteiger partial charge < -0.3 is 4.74 Å². The zero-order chi connectivity index (χ0) is 17.6. The Morgan fingerprint density at radius 2 is 2.04 bits per heavy atom. The number of carbonyl (C=O) groups is 1. The Morgan fingerprint density at radius 1 is 1.20 bits per heavy atom. The molecule has 0 aliphatic carbocycles. The van der Waals surface area contributed by atoms with Gasteiger partial charge >= 0.3 is 0 Å². The molecular formula is C18H16BrN3O2S. The van der Waals surface area contributed by atoms with E-state index in [1.807, 2.05) is 55.5 Å². The predicted octanol–water partition coefficient (Wildman–Crippen LogP) is 4.22. The molecule has 0 atom stereocenters. The zero-order valence-electron chi connectivity index (χ0n) is 13.5. The first-order chi connectivity index (χ1) is 12.1. The minimum Gasteiger partial charge on any atom is -0.483 e. The summed E-state index contributed by atoms with van der Waals surface area (Å²) in [7, 11) is 0. The van der Waals surface area contributed by atoms with E-state index in [-0.39, 0.29) is 12.5 Å². The van der Waals surface area contributed by atoms with Gasteiger partial charge in [-0.1, -0.05) is 57.6 Å². The lowest BCUT2D eigenvalue weighted by Crippen LogP contribution is -2.20. The molecule has 0 aliphatic heterocycles. The van der Waals surface area contributed by atoms with Crippen molar-refractivity contribution >= 4 is 38.3 Å². The molecule has 0 aliphatic rings. The number of hydrogen-bond acceptors (Lipinski definition) is 5. The average molecular weight is 418 g/mol. The van der Waals surface area contributed by atoms with Crippen LogP contribution in [0.2, 0.25) is 0 Å². The van der Waals surface area contributed by atoms with Crippen LogP contribution >= 0.6 is 27.3 Å². The lowest BCUT2D eigenvalue weighted by Gasteiger charge is -2.07. The van der Waals surface area contributed by atoms with Crippen LogP contribution in [0.3, 0.4) is 0 Å². The van der Waals surface area contributed by atoms with Gasteiger partial charge in [-0.25, -0.2) is 0 Å². The molecule has 1 N–H and O–H groups in total. The molecule has 25 heavy (non-hydrogen) atoms. The fourth-order valence-corrected chi connectivity index (χ4v) is 3.45. The van der Waals surface area contributed by atoms with Gasteiger partial charge in [0.05, 0.1) is 0 Å². The molecule has 3 aromatic rings. The number of nitrogens with one attached hydrogen (secondary N) is 1. The van der Waals surface area contributed by atoms with E-state index in [1.165, 1.54) is 11.3 Å². The second-order valence-electron chi connectivity index (χ2n) is 5.41. The lowest BCUT2D eigenvalue weighted by atomic mass is 10.2. The SMILES string of the molecule is Cc1ccccc1OCC(=O)Nc1nnc(Cc2cccc(Br)c2)s1. The summed E-state index contributed by atoms with van der Waals surface area (Å²) in [6.45, 7) is 1.87. The van der Waals surface area contributed by atoms with E-state index in [4.69, 9.17) is 4.74 Å². The van der Waals surface area contributed by atoms with E-state index >= 15 is 0 Å². The zero-order valence-corrected chi connectivity index (χ0v) is 15.9. The number of aryl methyl sites for hydroxylation is 1. The van der Waals surface area contributed by atoms with Gasteiger partial charge in [0.25, 0.3) is 5.91 Å². The molecule has 0 unspecified atom stereocenters. The fourth-order valence-electron chi connectivity index (χ4n) is 2.21. The topological polar surface area (TPSA) is 64.1 Å². The maximum Gasteiger partial charge on any atom is 0.264 e. The lowest BCUT2D eigenvalue weighted by molar-refractivity contribution is -0.118. The Morgan fingerprint density at radius 3 is 2.84 bits per heavy atom. The van der Waals surface area contributed by atoms with Crippen LogP contribution in [0.25, 0.3) is 0 Å². The van der Waals surface area contributed by atoms with Crippen LogP contribution in [-0.4, -0.2) is 22.7 Å². The molecule has 2 aromatic carbocycles. The van der Waals surface area contributed by atoms with Crippen LogP contribution in [0.15, 0.2) is 53.0 Å². The Labute approximate surface area is 158 Å². The first-order valence-corrected chi connectivity index (χ1v) is 9.26. The number of benzene rings is 2. The minimum absolute atomic E-state index is 0.0641. The van der Waals surface area contributed by atoms with E-state index in [9.17, 15) is 4.79 Å². The van der Waals surface area contributed by atoms with Crippen molar-refractivity contribution in [2.24, 2.45) is 0 Å². The third-order valence-electron chi connectivity index (χ3n) is 3.41. The number of anilines is 1. The van der Waals surface area contributed by atoms with Gasteiger partial charge in [-0.05, 0) is 36.2 Å². The number of halogens is 1. The molecule has 0 bridgehead atoms. The van der Waals surface area contributed by atoms with Crippen molar-refractivity contribution in [2.45, 2.75) is 13.3 Å². The Balaban J connectivity index is 1.54. The van der Waals surface area contributed by atoms with Crippen molar-refractivity contribution < 1.29 is 9.53 Å². The number of carbonyl (C=O) groups excluding carboxylic acids is 1. The molecule has 0 fully saturated rings. The maximum atomic E-state index is 12.0. The normalized spacial score (nSPS) is 10.5. The second-order valence-corrected chi connectivity index (χ2v) is 7.39. The summed E-state index contributed by atoms with van der Waals surface area (Å²) in [5, 5.41) is 12.2. The number of amides is 1. The number of aromatic nitrogens is 2. The molecule has 0 saturated heterocycles. The third-order valence-corrected chi connectivity index (χ3v) is 4.74. The predicted molar refractivity (Wildman–Crippen MR) is 102 cm³/mol. The number of para-hydroxylation sites is 1. The summed E-state index contributed by atoms with van der Waals surface area (Å²) >= 11 is 4.81. The standard InChI is InChI=1S/C18H16BrN3O2S/c1-12-5-2-3-8-15(12)24-11-16(23)20-18-22-21-17(25-18)10-13-6-4-7-14(19)9-13/h2-9H,10-11H2,1H3,(H,20,22,23). The van der Waals surface area contributed by atoms with Crippen molar-refractivity contribution in [3.05, 3.63) is 69.1 Å². The van der Waals surface area contributed by atoms with Crippen LogP contribution in [0.5, 0.6) is 5.75 Å². The van der Waals surface area contributed by atoms with Crippen molar-refractivity contribution in [1.82, 2.24) is 10.2 Å². The van der Waals surface area contributed by atoms with Gasteiger partial charge in [0.2, 0.25) is 5.13 Å². The first-order valence-electron chi connectivity index (χ1n) is 7.65. The van der Waals surface area contributed by atoms with E-state index < -0.39 is 0 Å². The maximum absolute atomic E-state index is 12.0. The van der Waals surface area contributed by atoms with Crippen molar-refractivity contribution in [2.75, 3.05) is 11.9 Å². The van der Waals surface area contributed by atoms with Crippen LogP contribution in [0.1, 0.15) is 16.1 Å². The Bertz CT molecular complexity index is 882. The minimum atomic E-state index is -0.256. The third kappa shape index (κ3) is 5.11. The Hall–Kier alpha value is -2.25. The highest BCUT2D eigenvalue weighted by molar-refractivity contribution is 9.10. The summed E-state index contributed by atoms with van der Waals surface area (Å²) in [6.07, 6.45) is 0.673. The second kappa shape index (κ2) is 8.22. The van der Waals surface area contributed by atoms with Gasteiger partial charge in [-0.2, -0.15) is 0 Å². The number of nitrogens with zero attached hydrogens (tertiary/aromatic N) is 2. The molecular weight excluding hydrogens is 402 g/mol. The van der Waals surface area contributed by atoms with Crippen LogP contribution in [-0.2, 0) is 11.2 Å². The number of rotatable bonds is 6. The van der Waals surface area contributed by atoms with Gasteiger partial charge in [0, 0.05) is 10.9 Å². The molecule has 0 saturated carbocycles. The molecule has 1 aromatic heterocycles. The van der Waals surface area contributed by atoms with Crippen LogP contribution in [0.4, 0.5) is 5.13 Å². The van der Waals surface area contributed by atoms with Gasteiger partial charge in [-0.15, -0.1) is 10.2 Å².